The maximum atomic E-state index is 12.4. The molecule has 3 aromatic rings. The molecule has 1 N–H and O–H groups in total. The highest BCUT2D eigenvalue weighted by atomic mass is 35.5. The number of nitro groups is 1. The highest BCUT2D eigenvalue weighted by Crippen LogP contribution is 2.31. The number of thiazole rings is 1. The van der Waals surface area contributed by atoms with Crippen LogP contribution >= 0.6 is 34.5 Å². The number of aromatic nitrogens is 1. The number of benzene rings is 2. The molecule has 0 aliphatic carbocycles. The van der Waals surface area contributed by atoms with E-state index in [1.54, 1.807) is 11.3 Å². The predicted molar refractivity (Wildman–Crippen MR) is 124 cm³/mol. The van der Waals surface area contributed by atoms with Crippen molar-refractivity contribution >= 4 is 61.5 Å². The number of rotatable bonds is 6. The van der Waals surface area contributed by atoms with Crippen LogP contribution in [0.2, 0.25) is 10.0 Å². The number of carbonyl (C=O) groups excluding carboxylic acids is 1. The Bertz CT molecular complexity index is 1130. The molecule has 1 saturated heterocycles. The molecule has 1 fully saturated rings. The number of nitrogens with one attached hydrogen (secondary N) is 1. The Balaban J connectivity index is 1.28. The van der Waals surface area contributed by atoms with Crippen molar-refractivity contribution in [1.29, 1.82) is 0 Å². The average molecular weight is 480 g/mol. The van der Waals surface area contributed by atoms with Gasteiger partial charge in [0.1, 0.15) is 5.56 Å². The molecule has 2 aromatic carbocycles. The summed E-state index contributed by atoms with van der Waals surface area (Å²) in [4.78, 5) is 32.1. The molecule has 0 bridgehead atoms. The van der Waals surface area contributed by atoms with Crippen LogP contribution in [0.5, 0.6) is 0 Å². The normalized spacial score (nSPS) is 14.7. The summed E-state index contributed by atoms with van der Waals surface area (Å²) in [5.74, 6) is -0.499. The van der Waals surface area contributed by atoms with Gasteiger partial charge in [0.05, 0.1) is 15.1 Å². The van der Waals surface area contributed by atoms with Gasteiger partial charge in [0, 0.05) is 55.4 Å². The molecule has 31 heavy (non-hydrogen) atoms. The van der Waals surface area contributed by atoms with Gasteiger partial charge in [-0.05, 0) is 30.3 Å². The number of halogens is 2. The van der Waals surface area contributed by atoms with Crippen LogP contribution in [0.4, 0.5) is 10.8 Å². The van der Waals surface area contributed by atoms with E-state index in [9.17, 15) is 14.9 Å². The van der Waals surface area contributed by atoms with E-state index in [-0.39, 0.29) is 16.3 Å². The second kappa shape index (κ2) is 9.35. The molecule has 1 amide bonds. The largest absolute Gasteiger partial charge is 0.351 e. The Morgan fingerprint density at radius 1 is 1.13 bits per heavy atom. The summed E-state index contributed by atoms with van der Waals surface area (Å²) >= 11 is 13.6. The number of fused-ring (bicyclic) bond motifs is 1. The van der Waals surface area contributed by atoms with E-state index >= 15 is 0 Å². The molecule has 11 heteroatoms. The zero-order chi connectivity index (χ0) is 22.0. The Morgan fingerprint density at radius 3 is 2.58 bits per heavy atom. The van der Waals surface area contributed by atoms with Crippen molar-refractivity contribution in [2.24, 2.45) is 0 Å². The van der Waals surface area contributed by atoms with Crippen molar-refractivity contribution in [3.05, 3.63) is 62.1 Å². The fraction of sp³-hybridized carbons (Fsp3) is 0.300. The molecule has 0 atom stereocenters. The minimum absolute atomic E-state index is 0.0294. The fourth-order valence-corrected chi connectivity index (χ4v) is 4.92. The smallest absolute Gasteiger partial charge is 0.282 e. The van der Waals surface area contributed by atoms with Gasteiger partial charge in [0.15, 0.2) is 5.13 Å². The lowest BCUT2D eigenvalue weighted by Gasteiger charge is -2.34. The quantitative estimate of drug-likeness (QED) is 0.423. The van der Waals surface area contributed by atoms with Gasteiger partial charge < -0.3 is 10.2 Å². The van der Waals surface area contributed by atoms with Crippen LogP contribution in [-0.4, -0.2) is 60.0 Å². The van der Waals surface area contributed by atoms with Gasteiger partial charge in [-0.15, -0.1) is 0 Å². The van der Waals surface area contributed by atoms with Crippen LogP contribution in [0.3, 0.4) is 0 Å². The Hall–Kier alpha value is -2.46. The Labute approximate surface area is 192 Å². The summed E-state index contributed by atoms with van der Waals surface area (Å²) in [7, 11) is 0. The Morgan fingerprint density at radius 2 is 1.84 bits per heavy atom. The molecular formula is C20H19Cl2N5O3S. The van der Waals surface area contributed by atoms with Crippen molar-refractivity contribution in [3.63, 3.8) is 0 Å². The molecule has 8 nitrogen and oxygen atoms in total. The van der Waals surface area contributed by atoms with Crippen molar-refractivity contribution in [1.82, 2.24) is 15.2 Å². The molecule has 0 radical (unpaired) electrons. The topological polar surface area (TPSA) is 91.6 Å². The minimum Gasteiger partial charge on any atom is -0.351 e. The molecule has 162 valence electrons. The van der Waals surface area contributed by atoms with E-state index in [4.69, 9.17) is 28.2 Å². The van der Waals surface area contributed by atoms with Gasteiger partial charge in [-0.25, -0.2) is 4.98 Å². The number of nitro benzene ring substituents is 1. The van der Waals surface area contributed by atoms with Gasteiger partial charge in [-0.3, -0.25) is 19.8 Å². The summed E-state index contributed by atoms with van der Waals surface area (Å²) in [6.07, 6.45) is 0. The highest BCUT2D eigenvalue weighted by Gasteiger charge is 2.22. The maximum absolute atomic E-state index is 12.4. The van der Waals surface area contributed by atoms with Crippen LogP contribution in [0, 0.1) is 10.1 Å². The molecule has 1 aromatic heterocycles. The van der Waals surface area contributed by atoms with E-state index in [1.165, 1.54) is 18.2 Å². The van der Waals surface area contributed by atoms with Crippen molar-refractivity contribution in [2.75, 3.05) is 44.2 Å². The summed E-state index contributed by atoms with van der Waals surface area (Å²) in [6.45, 7) is 4.39. The van der Waals surface area contributed by atoms with Crippen LogP contribution < -0.4 is 10.2 Å². The summed E-state index contributed by atoms with van der Waals surface area (Å²) < 4.78 is 1.07. The molecule has 4 rings (SSSR count). The number of anilines is 1. The number of amides is 1. The lowest BCUT2D eigenvalue weighted by atomic mass is 10.1. The summed E-state index contributed by atoms with van der Waals surface area (Å²) in [5.41, 5.74) is 0.663. The second-order valence-electron chi connectivity index (χ2n) is 7.11. The first-order valence-electron chi connectivity index (χ1n) is 9.66. The molecule has 1 aliphatic rings. The zero-order valence-electron chi connectivity index (χ0n) is 16.4. The van der Waals surface area contributed by atoms with Crippen LogP contribution in [0.1, 0.15) is 10.4 Å². The minimum atomic E-state index is -0.583. The van der Waals surface area contributed by atoms with Crippen LogP contribution in [0.25, 0.3) is 10.2 Å². The van der Waals surface area contributed by atoms with Crippen LogP contribution in [-0.2, 0) is 0 Å². The van der Waals surface area contributed by atoms with Crippen LogP contribution in [0.15, 0.2) is 36.4 Å². The lowest BCUT2D eigenvalue weighted by molar-refractivity contribution is -0.385. The maximum Gasteiger partial charge on any atom is 0.282 e. The van der Waals surface area contributed by atoms with Gasteiger partial charge >= 0.3 is 0 Å². The van der Waals surface area contributed by atoms with Crippen molar-refractivity contribution in [2.45, 2.75) is 0 Å². The monoisotopic (exact) mass is 479 g/mol. The molecule has 0 saturated carbocycles. The van der Waals surface area contributed by atoms with E-state index in [0.717, 1.165) is 41.5 Å². The third-order valence-electron chi connectivity index (χ3n) is 5.10. The van der Waals surface area contributed by atoms with E-state index in [0.29, 0.717) is 18.1 Å². The summed E-state index contributed by atoms with van der Waals surface area (Å²) in [5, 5.41) is 15.9. The Kier molecular flexibility index (Phi) is 6.57. The number of nitrogens with zero attached hydrogens (tertiary/aromatic N) is 4. The third-order valence-corrected chi connectivity index (χ3v) is 6.64. The third kappa shape index (κ3) is 5.07. The van der Waals surface area contributed by atoms with Gasteiger partial charge in [0.25, 0.3) is 11.6 Å². The fourth-order valence-electron chi connectivity index (χ4n) is 3.46. The van der Waals surface area contributed by atoms with Gasteiger partial charge in [-0.2, -0.15) is 0 Å². The first-order chi connectivity index (χ1) is 14.9. The zero-order valence-corrected chi connectivity index (χ0v) is 18.7. The number of hydrogen-bond donors (Lipinski definition) is 1. The van der Waals surface area contributed by atoms with Crippen molar-refractivity contribution in [3.8, 4) is 0 Å². The van der Waals surface area contributed by atoms with E-state index < -0.39 is 10.8 Å². The first kappa shape index (κ1) is 21.8. The number of hydrogen-bond acceptors (Lipinski definition) is 7. The molecule has 2 heterocycles. The first-order valence-corrected chi connectivity index (χ1v) is 11.2. The van der Waals surface area contributed by atoms with Gasteiger partial charge in [-0.1, -0.05) is 34.5 Å². The molecule has 0 unspecified atom stereocenters. The lowest BCUT2D eigenvalue weighted by Crippen LogP contribution is -2.48. The van der Waals surface area contributed by atoms with E-state index in [2.05, 4.69) is 15.1 Å². The standard InChI is InChI=1S/C20H19Cl2N5O3S/c21-13-2-4-17(27(29)30)15(11-13)19(28)23-5-6-25-7-9-26(10-8-25)20-24-16-3-1-14(22)12-18(16)31-20/h1-4,11-12H,5-10H2,(H,23,28). The summed E-state index contributed by atoms with van der Waals surface area (Å²) in [6, 6.07) is 9.67. The van der Waals surface area contributed by atoms with Crippen molar-refractivity contribution < 1.29 is 9.72 Å². The second-order valence-corrected chi connectivity index (χ2v) is 8.99. The average Bonchev–Trinajstić information content (AvgIpc) is 3.17. The predicted octanol–water partition coefficient (Wildman–Crippen LogP) is 4.06. The number of carbonyl (C=O) groups is 1. The highest BCUT2D eigenvalue weighted by molar-refractivity contribution is 7.22. The number of piperazine rings is 1. The molecule has 0 spiro atoms. The van der Waals surface area contributed by atoms with Gasteiger partial charge in [0.2, 0.25) is 0 Å². The molecular weight excluding hydrogens is 461 g/mol. The van der Waals surface area contributed by atoms with E-state index in [1.807, 2.05) is 18.2 Å². The SMILES string of the molecule is O=C(NCCN1CCN(c2nc3ccc(Cl)cc3s2)CC1)c1cc(Cl)ccc1[N+](=O)[O-]. The molecule has 1 aliphatic heterocycles.